The van der Waals surface area contributed by atoms with Crippen LogP contribution in [0.25, 0.3) is 0 Å². The smallest absolute Gasteiger partial charge is 0.318 e. The molecular formula is C31H42N4O6S2. The summed E-state index contributed by atoms with van der Waals surface area (Å²) in [4.78, 5) is 16.3. The zero-order valence-electron chi connectivity index (χ0n) is 24.8. The molecule has 1 aromatic heterocycles. The number of ether oxygens (including phenoxy) is 2. The molecule has 0 radical (unpaired) electrons. The van der Waals surface area contributed by atoms with Gasteiger partial charge in [0.05, 0.1) is 18.0 Å². The van der Waals surface area contributed by atoms with E-state index in [2.05, 4.69) is 5.32 Å². The monoisotopic (exact) mass is 630 g/mol. The molecule has 1 aliphatic rings. The van der Waals surface area contributed by atoms with Crippen molar-refractivity contribution >= 4 is 33.1 Å². The molecule has 0 aliphatic carbocycles. The van der Waals surface area contributed by atoms with Crippen molar-refractivity contribution in [3.63, 3.8) is 0 Å². The molecule has 0 saturated carbocycles. The molecule has 12 heteroatoms. The Labute approximate surface area is 258 Å². The lowest BCUT2D eigenvalue weighted by molar-refractivity contribution is 0.165. The molecule has 3 aromatic rings. The molecule has 2 heterocycles. The highest BCUT2D eigenvalue weighted by Crippen LogP contribution is 2.33. The summed E-state index contributed by atoms with van der Waals surface area (Å²) >= 11 is 1.60. The van der Waals surface area contributed by atoms with Crippen molar-refractivity contribution in [1.29, 1.82) is 0 Å². The molecule has 0 saturated heterocycles. The maximum Gasteiger partial charge on any atom is 0.318 e. The molecule has 234 valence electrons. The topological polar surface area (TPSA) is 134 Å². The van der Waals surface area contributed by atoms with E-state index in [4.69, 9.17) is 15.2 Å². The van der Waals surface area contributed by atoms with Crippen molar-refractivity contribution in [1.82, 2.24) is 14.5 Å². The van der Waals surface area contributed by atoms with E-state index in [1.54, 1.807) is 28.4 Å². The molecule has 0 spiro atoms. The van der Waals surface area contributed by atoms with Crippen molar-refractivity contribution in [3.05, 3.63) is 70.4 Å². The van der Waals surface area contributed by atoms with Crippen molar-refractivity contribution in [2.45, 2.75) is 63.6 Å². The van der Waals surface area contributed by atoms with Crippen molar-refractivity contribution in [2.75, 3.05) is 32.2 Å². The number of rotatable bonds is 16. The summed E-state index contributed by atoms with van der Waals surface area (Å²) in [5.41, 5.74) is 7.19. The van der Waals surface area contributed by atoms with Crippen LogP contribution in [0.1, 0.15) is 50.0 Å². The Bertz CT molecular complexity index is 1420. The van der Waals surface area contributed by atoms with Crippen LogP contribution in [-0.4, -0.2) is 61.3 Å². The largest absolute Gasteiger partial charge is 0.454 e. The maximum atomic E-state index is 13.6. The minimum atomic E-state index is -3.83. The van der Waals surface area contributed by atoms with Gasteiger partial charge in [0.25, 0.3) is 0 Å². The number of nitrogens with one attached hydrogen (secondary N) is 1. The van der Waals surface area contributed by atoms with Crippen molar-refractivity contribution < 1.29 is 27.8 Å². The lowest BCUT2D eigenvalue weighted by Gasteiger charge is -2.32. The number of sulfonamides is 1. The fourth-order valence-corrected chi connectivity index (χ4v) is 7.33. The fraction of sp³-hybridized carbons (Fsp3) is 0.452. The highest BCUT2D eigenvalue weighted by atomic mass is 32.2. The molecule has 0 fully saturated rings. The second-order valence-electron chi connectivity index (χ2n) is 10.8. The van der Waals surface area contributed by atoms with Gasteiger partial charge >= 0.3 is 6.03 Å². The minimum Gasteiger partial charge on any atom is -0.454 e. The van der Waals surface area contributed by atoms with Gasteiger partial charge in [-0.25, -0.2) is 13.2 Å². The number of anilines is 1. The van der Waals surface area contributed by atoms with E-state index in [9.17, 15) is 18.3 Å². The van der Waals surface area contributed by atoms with Crippen LogP contribution in [0.2, 0.25) is 0 Å². The molecule has 2 aromatic carbocycles. The van der Waals surface area contributed by atoms with Crippen molar-refractivity contribution in [3.8, 4) is 11.5 Å². The first-order valence-electron chi connectivity index (χ1n) is 14.6. The number of hydrogen-bond donors (Lipinski definition) is 3. The first-order chi connectivity index (χ1) is 20.7. The number of nitrogen functional groups attached to an aromatic ring is 1. The normalized spacial score (nSPS) is 14.0. The summed E-state index contributed by atoms with van der Waals surface area (Å²) in [5, 5.41) is 15.3. The maximum absolute atomic E-state index is 13.6. The van der Waals surface area contributed by atoms with Crippen LogP contribution in [-0.2, 0) is 23.1 Å². The predicted molar refractivity (Wildman–Crippen MR) is 168 cm³/mol. The third-order valence-corrected chi connectivity index (χ3v) is 10.4. The van der Waals surface area contributed by atoms with Crippen molar-refractivity contribution in [2.24, 2.45) is 5.92 Å². The van der Waals surface area contributed by atoms with Gasteiger partial charge in [-0.1, -0.05) is 38.8 Å². The number of carbonyl (C=O) groups excluding carboxylic acids is 1. The first kappa shape index (κ1) is 32.6. The standard InChI is InChI=1S/C31H42N4O6S2/c1-3-23(2)18-35(43(38,39)28-12-10-25(32)11-13-28)26(21-36)7-4-5-15-33-31(37)34(20-27-8-6-16-42-27)19-24-9-14-29-30(17-24)41-22-40-29/h6,8-14,16-17,23,26,36H,3-5,7,15,18-22,32H2,1-2H3,(H,33,37)/t23?,26-/m0/s1. The van der Waals surface area contributed by atoms with Gasteiger partial charge in [-0.2, -0.15) is 4.31 Å². The summed E-state index contributed by atoms with van der Waals surface area (Å²) in [6, 6.07) is 15.0. The number of urea groups is 1. The highest BCUT2D eigenvalue weighted by Gasteiger charge is 2.32. The van der Waals surface area contributed by atoms with E-state index in [1.807, 2.05) is 49.6 Å². The zero-order valence-corrected chi connectivity index (χ0v) is 26.4. The van der Waals surface area contributed by atoms with Crippen LogP contribution in [0.3, 0.4) is 0 Å². The van der Waals surface area contributed by atoms with Gasteiger partial charge in [-0.3, -0.25) is 0 Å². The van der Waals surface area contributed by atoms with Gasteiger partial charge in [-0.05, 0) is 72.2 Å². The van der Waals surface area contributed by atoms with Gasteiger partial charge in [0.2, 0.25) is 16.8 Å². The van der Waals surface area contributed by atoms with Gasteiger partial charge in [0, 0.05) is 36.2 Å². The number of aliphatic hydroxyl groups excluding tert-OH is 1. The molecule has 43 heavy (non-hydrogen) atoms. The second-order valence-corrected chi connectivity index (χ2v) is 13.8. The summed E-state index contributed by atoms with van der Waals surface area (Å²) in [5.74, 6) is 1.49. The SMILES string of the molecule is CCC(C)CN([C@H](CO)CCCCNC(=O)N(Cc1ccc2c(c1)OCO2)Cc1cccs1)S(=O)(=O)c1ccc(N)cc1. The summed E-state index contributed by atoms with van der Waals surface area (Å²) in [6.07, 6.45) is 2.55. The third-order valence-electron chi connectivity index (χ3n) is 7.56. The average Bonchev–Trinajstić information content (AvgIpc) is 3.69. The summed E-state index contributed by atoms with van der Waals surface area (Å²) in [7, 11) is -3.83. The van der Waals surface area contributed by atoms with Gasteiger partial charge in [-0.15, -0.1) is 11.3 Å². The Kier molecular flexibility index (Phi) is 11.7. The van der Waals surface area contributed by atoms with Crippen LogP contribution in [0.4, 0.5) is 10.5 Å². The van der Waals surface area contributed by atoms with Crippen LogP contribution >= 0.6 is 11.3 Å². The fourth-order valence-electron chi connectivity index (χ4n) is 4.84. The number of amides is 2. The Morgan fingerprint density at radius 2 is 1.86 bits per heavy atom. The quantitative estimate of drug-likeness (QED) is 0.149. The van der Waals surface area contributed by atoms with E-state index < -0.39 is 16.1 Å². The Hall–Kier alpha value is -3.32. The van der Waals surface area contributed by atoms with Gasteiger partial charge in [0.1, 0.15) is 0 Å². The number of benzene rings is 2. The molecule has 1 unspecified atom stereocenters. The summed E-state index contributed by atoms with van der Waals surface area (Å²) in [6.45, 7) is 5.53. The lowest BCUT2D eigenvalue weighted by atomic mass is 10.1. The number of nitrogens with zero attached hydrogens (tertiary/aromatic N) is 2. The number of nitrogens with two attached hydrogens (primary N) is 1. The molecule has 4 N–H and O–H groups in total. The minimum absolute atomic E-state index is 0.121. The van der Waals surface area contributed by atoms with Crippen LogP contribution in [0.5, 0.6) is 11.5 Å². The molecule has 2 atom stereocenters. The predicted octanol–water partition coefficient (Wildman–Crippen LogP) is 5.04. The van der Waals surface area contributed by atoms with E-state index in [0.717, 1.165) is 16.9 Å². The Morgan fingerprint density at radius 3 is 2.56 bits per heavy atom. The van der Waals surface area contributed by atoms with Crippen LogP contribution in [0.15, 0.2) is 64.9 Å². The van der Waals surface area contributed by atoms with E-state index in [0.29, 0.717) is 62.6 Å². The third kappa shape index (κ3) is 8.85. The lowest BCUT2D eigenvalue weighted by Crippen LogP contribution is -2.44. The van der Waals surface area contributed by atoms with Crippen LogP contribution < -0.4 is 20.5 Å². The number of hydrogen-bond acceptors (Lipinski definition) is 8. The Morgan fingerprint density at radius 1 is 1.09 bits per heavy atom. The second kappa shape index (κ2) is 15.4. The molecule has 0 bridgehead atoms. The molecule has 4 rings (SSSR count). The number of unbranched alkanes of at least 4 members (excludes halogenated alkanes) is 1. The van der Waals surface area contributed by atoms with E-state index in [1.165, 1.54) is 16.4 Å². The van der Waals surface area contributed by atoms with Crippen LogP contribution in [0, 0.1) is 5.92 Å². The van der Waals surface area contributed by atoms with Gasteiger partial charge in [0.15, 0.2) is 11.5 Å². The molecule has 1 aliphatic heterocycles. The average molecular weight is 631 g/mol. The Balaban J connectivity index is 1.34. The van der Waals surface area contributed by atoms with E-state index in [-0.39, 0.29) is 30.2 Å². The molecule has 10 nitrogen and oxygen atoms in total. The van der Waals surface area contributed by atoms with E-state index >= 15 is 0 Å². The first-order valence-corrected chi connectivity index (χ1v) is 16.9. The highest BCUT2D eigenvalue weighted by molar-refractivity contribution is 7.89. The molecule has 2 amide bonds. The molecular weight excluding hydrogens is 588 g/mol. The number of aliphatic hydroxyl groups is 1. The number of carbonyl (C=O) groups is 1. The number of thiophene rings is 1. The zero-order chi connectivity index (χ0) is 30.8. The number of fused-ring (bicyclic) bond motifs is 1. The summed E-state index contributed by atoms with van der Waals surface area (Å²) < 4.78 is 39.5. The van der Waals surface area contributed by atoms with Gasteiger partial charge < -0.3 is 30.5 Å².